The highest BCUT2D eigenvalue weighted by molar-refractivity contribution is 7.95. The molecular weight excluding hydrogens is 208 g/mol. The van der Waals surface area contributed by atoms with Gasteiger partial charge in [0.25, 0.3) is 0 Å². The molecule has 0 radical (unpaired) electrons. The first-order chi connectivity index (χ1) is 7.03. The molecule has 0 fully saturated rings. The fourth-order valence-corrected chi connectivity index (χ4v) is 2.88. The van der Waals surface area contributed by atoms with Gasteiger partial charge in [-0.05, 0) is 17.6 Å². The van der Waals surface area contributed by atoms with E-state index in [1.807, 2.05) is 13.8 Å². The zero-order chi connectivity index (χ0) is 12.1. The number of rotatable bonds is 2. The van der Waals surface area contributed by atoms with Crippen molar-refractivity contribution in [1.82, 2.24) is 0 Å². The summed E-state index contributed by atoms with van der Waals surface area (Å²) in [6, 6.07) is 0. The van der Waals surface area contributed by atoms with Crippen LogP contribution in [0.2, 0.25) is 0 Å². The fraction of sp³-hybridized carbons (Fsp3) is 0.333. The molecule has 0 unspecified atom stereocenters. The van der Waals surface area contributed by atoms with Gasteiger partial charge in [-0.25, -0.2) is 8.42 Å². The summed E-state index contributed by atoms with van der Waals surface area (Å²) in [6.45, 7) is 14.8. The Morgan fingerprint density at radius 1 is 1.20 bits per heavy atom. The van der Waals surface area contributed by atoms with Crippen LogP contribution in [-0.2, 0) is 9.84 Å². The van der Waals surface area contributed by atoms with Crippen molar-refractivity contribution in [3.8, 4) is 0 Å². The predicted molar refractivity (Wildman–Crippen MR) is 66.3 cm³/mol. The molecule has 3 heteroatoms. The summed E-state index contributed by atoms with van der Waals surface area (Å²) >= 11 is 0. The van der Waals surface area contributed by atoms with E-state index in [4.69, 9.17) is 0 Å². The van der Waals surface area contributed by atoms with Gasteiger partial charge in [-0.1, -0.05) is 45.7 Å². The first-order valence-electron chi connectivity index (χ1n) is 4.93. The van der Waals surface area contributed by atoms with Crippen molar-refractivity contribution >= 4 is 9.84 Å². The van der Waals surface area contributed by atoms with Gasteiger partial charge in [-0.3, -0.25) is 0 Å². The molecule has 1 aliphatic heterocycles. The molecule has 0 N–H and O–H groups in total. The van der Waals surface area contributed by atoms with Crippen LogP contribution in [0, 0.1) is 0 Å². The molecule has 1 heterocycles. The summed E-state index contributed by atoms with van der Waals surface area (Å²) in [4.78, 5) is 0.263. The summed E-state index contributed by atoms with van der Waals surface area (Å²) in [7, 11) is -3.14. The lowest BCUT2D eigenvalue weighted by atomic mass is 10.0. The van der Waals surface area contributed by atoms with Crippen LogP contribution in [0.15, 0.2) is 47.9 Å². The van der Waals surface area contributed by atoms with Crippen LogP contribution in [0.25, 0.3) is 0 Å². The summed E-state index contributed by atoms with van der Waals surface area (Å²) in [5.74, 6) is 0.129. The molecular formula is C12H18O2S. The van der Waals surface area contributed by atoms with Gasteiger partial charge in [0.1, 0.15) is 0 Å². The second-order valence-corrected chi connectivity index (χ2v) is 4.94. The van der Waals surface area contributed by atoms with E-state index in [1.54, 1.807) is 0 Å². The maximum atomic E-state index is 11.5. The predicted octanol–water partition coefficient (Wildman–Crippen LogP) is 3.01. The van der Waals surface area contributed by atoms with Gasteiger partial charge in [-0.2, -0.15) is 0 Å². The van der Waals surface area contributed by atoms with Crippen molar-refractivity contribution in [2.24, 2.45) is 0 Å². The molecule has 0 aromatic rings. The maximum Gasteiger partial charge on any atom is 0.179 e. The van der Waals surface area contributed by atoms with Gasteiger partial charge < -0.3 is 0 Å². The monoisotopic (exact) mass is 226 g/mol. The second kappa shape index (κ2) is 5.71. The van der Waals surface area contributed by atoms with Crippen molar-refractivity contribution in [3.63, 3.8) is 0 Å². The highest BCUT2D eigenvalue weighted by Crippen LogP contribution is 2.29. The van der Waals surface area contributed by atoms with Crippen molar-refractivity contribution in [1.29, 1.82) is 0 Å². The van der Waals surface area contributed by atoms with Crippen LogP contribution in [0.3, 0.4) is 0 Å². The third kappa shape index (κ3) is 2.93. The van der Waals surface area contributed by atoms with Crippen molar-refractivity contribution in [2.75, 3.05) is 5.75 Å². The molecule has 1 aliphatic rings. The van der Waals surface area contributed by atoms with Gasteiger partial charge >= 0.3 is 0 Å². The van der Waals surface area contributed by atoms with Gasteiger partial charge in [-0.15, -0.1) is 0 Å². The quantitative estimate of drug-likeness (QED) is 0.725. The number of hydrogen-bond acceptors (Lipinski definition) is 2. The fourth-order valence-electron chi connectivity index (χ4n) is 1.33. The molecule has 0 bridgehead atoms. The minimum absolute atomic E-state index is 0.129. The summed E-state index contributed by atoms with van der Waals surface area (Å²) in [5, 5.41) is 0. The minimum atomic E-state index is -3.14. The molecule has 0 spiro atoms. The van der Waals surface area contributed by atoms with Crippen LogP contribution in [0.5, 0.6) is 0 Å². The molecule has 0 atom stereocenters. The smallest absolute Gasteiger partial charge is 0.179 e. The Balaban J connectivity index is 0.000000921. The van der Waals surface area contributed by atoms with Gasteiger partial charge in [0.15, 0.2) is 9.84 Å². The molecule has 0 aromatic heterocycles. The van der Waals surface area contributed by atoms with Gasteiger partial charge in [0.05, 0.1) is 10.7 Å². The Morgan fingerprint density at radius 2 is 1.73 bits per heavy atom. The van der Waals surface area contributed by atoms with Gasteiger partial charge in [0.2, 0.25) is 0 Å². The van der Waals surface area contributed by atoms with Crippen molar-refractivity contribution < 1.29 is 8.42 Å². The Labute approximate surface area is 92.6 Å². The zero-order valence-electron chi connectivity index (χ0n) is 9.41. The highest BCUT2D eigenvalue weighted by atomic mass is 32.2. The maximum absolute atomic E-state index is 11.5. The molecule has 0 saturated heterocycles. The number of hydrogen-bond donors (Lipinski definition) is 0. The number of allylic oxidation sites excluding steroid dienone is 4. The summed E-state index contributed by atoms with van der Waals surface area (Å²) < 4.78 is 23.0. The molecule has 2 nitrogen and oxygen atoms in total. The van der Waals surface area contributed by atoms with E-state index in [2.05, 4.69) is 19.7 Å². The van der Waals surface area contributed by atoms with Crippen LogP contribution < -0.4 is 0 Å². The summed E-state index contributed by atoms with van der Waals surface area (Å²) in [6.07, 6.45) is 3.37. The van der Waals surface area contributed by atoms with E-state index in [-0.39, 0.29) is 10.7 Å². The lowest BCUT2D eigenvalue weighted by Gasteiger charge is -2.17. The third-order valence-corrected chi connectivity index (χ3v) is 3.84. The minimum Gasteiger partial charge on any atom is -0.224 e. The SMILES string of the molecule is C=CC1=C(C=C)S(=O)(=O)CCC1=C.CC. The summed E-state index contributed by atoms with van der Waals surface area (Å²) in [5.41, 5.74) is 1.43. The molecule has 0 amide bonds. The number of sulfone groups is 1. The molecule has 84 valence electrons. The standard InChI is InChI=1S/C10H12O2S.C2H6/c1-4-9-8(3)6-7-13(11,12)10(9)5-2;1-2/h4-5H,1-3,6-7H2;1-2H3. The first-order valence-corrected chi connectivity index (χ1v) is 6.58. The average molecular weight is 226 g/mol. The lowest BCUT2D eigenvalue weighted by molar-refractivity contribution is 0.600. The average Bonchev–Trinajstić information content (AvgIpc) is 2.24. The molecule has 0 saturated carbocycles. The Hall–Kier alpha value is -1.09. The third-order valence-electron chi connectivity index (χ3n) is 2.04. The van der Waals surface area contributed by atoms with Crippen LogP contribution in [0.4, 0.5) is 0 Å². The van der Waals surface area contributed by atoms with E-state index < -0.39 is 9.84 Å². The van der Waals surface area contributed by atoms with E-state index in [0.717, 1.165) is 5.57 Å². The van der Waals surface area contributed by atoms with Crippen molar-refractivity contribution in [2.45, 2.75) is 20.3 Å². The molecule has 0 aliphatic carbocycles. The van der Waals surface area contributed by atoms with Crippen LogP contribution in [-0.4, -0.2) is 14.2 Å². The normalized spacial score (nSPS) is 18.9. The van der Waals surface area contributed by atoms with E-state index in [0.29, 0.717) is 12.0 Å². The van der Waals surface area contributed by atoms with E-state index in [1.165, 1.54) is 12.2 Å². The zero-order valence-corrected chi connectivity index (χ0v) is 10.2. The topological polar surface area (TPSA) is 34.1 Å². The molecule has 15 heavy (non-hydrogen) atoms. The lowest BCUT2D eigenvalue weighted by Crippen LogP contribution is -2.16. The van der Waals surface area contributed by atoms with Gasteiger partial charge in [0, 0.05) is 0 Å². The molecule has 0 aromatic carbocycles. The Morgan fingerprint density at radius 3 is 2.07 bits per heavy atom. The Kier molecular flexibility index (Phi) is 5.29. The van der Waals surface area contributed by atoms with Crippen LogP contribution >= 0.6 is 0 Å². The van der Waals surface area contributed by atoms with Crippen LogP contribution in [0.1, 0.15) is 20.3 Å². The second-order valence-electron chi connectivity index (χ2n) is 2.86. The van der Waals surface area contributed by atoms with Crippen molar-refractivity contribution in [3.05, 3.63) is 47.9 Å². The largest absolute Gasteiger partial charge is 0.224 e. The first kappa shape index (κ1) is 13.9. The van der Waals surface area contributed by atoms with E-state index >= 15 is 0 Å². The highest BCUT2D eigenvalue weighted by Gasteiger charge is 2.24. The van der Waals surface area contributed by atoms with E-state index in [9.17, 15) is 8.42 Å². The molecule has 1 rings (SSSR count). The Bertz CT molecular complexity index is 397.